The molecule has 4 rings (SSSR count). The number of nitrogens with one attached hydrogen (secondary N) is 2. The van der Waals surface area contributed by atoms with Crippen LogP contribution in [0.1, 0.15) is 15.9 Å². The number of carbonyl (C=O) groups is 1. The quantitative estimate of drug-likeness (QED) is 0.552. The van der Waals surface area contributed by atoms with Crippen molar-refractivity contribution in [2.45, 2.75) is 6.92 Å². The molecule has 6 nitrogen and oxygen atoms in total. The lowest BCUT2D eigenvalue weighted by Crippen LogP contribution is -2.16. The molecule has 0 bridgehead atoms. The van der Waals surface area contributed by atoms with Crippen LogP contribution in [-0.4, -0.2) is 15.5 Å². The van der Waals surface area contributed by atoms with Crippen molar-refractivity contribution >= 4 is 33.9 Å². The van der Waals surface area contributed by atoms with Gasteiger partial charge in [-0.15, -0.1) is 0 Å². The van der Waals surface area contributed by atoms with Crippen molar-refractivity contribution in [2.24, 2.45) is 7.05 Å². The normalized spacial score (nSPS) is 10.7. The van der Waals surface area contributed by atoms with Gasteiger partial charge in [-0.05, 0) is 55.0 Å². The summed E-state index contributed by atoms with van der Waals surface area (Å²) < 4.78 is 1.46. The van der Waals surface area contributed by atoms with E-state index < -0.39 is 0 Å². The van der Waals surface area contributed by atoms with E-state index in [1.165, 1.54) is 10.9 Å². The number of benzene rings is 3. The van der Waals surface area contributed by atoms with Crippen LogP contribution < -0.4 is 16.2 Å². The van der Waals surface area contributed by atoms with Crippen LogP contribution >= 0.6 is 0 Å². The van der Waals surface area contributed by atoms with Gasteiger partial charge < -0.3 is 15.2 Å². The van der Waals surface area contributed by atoms with Crippen molar-refractivity contribution in [3.63, 3.8) is 0 Å². The topological polar surface area (TPSA) is 76.0 Å². The molecule has 2 N–H and O–H groups in total. The first-order valence-corrected chi connectivity index (χ1v) is 9.21. The molecular weight excluding hydrogens is 364 g/mol. The van der Waals surface area contributed by atoms with Crippen LogP contribution in [-0.2, 0) is 7.05 Å². The van der Waals surface area contributed by atoms with Crippen molar-refractivity contribution < 1.29 is 4.79 Å². The van der Waals surface area contributed by atoms with Gasteiger partial charge in [0.05, 0.1) is 17.2 Å². The number of fused-ring (bicyclic) bond motifs is 1. The molecule has 1 aromatic heterocycles. The standard InChI is InChI=1S/C23H20N4O2/c1-15-8-9-18(26-22(28)16-6-4-3-5-7-16)13-21(15)25-17-10-11-20-19(12-17)23(29)27(2)14-24-20/h3-14,25H,1-2H3,(H,26,28). The highest BCUT2D eigenvalue weighted by atomic mass is 16.1. The molecule has 0 aliphatic rings. The molecule has 0 aliphatic carbocycles. The van der Waals surface area contributed by atoms with Gasteiger partial charge in [0.1, 0.15) is 0 Å². The minimum atomic E-state index is -0.166. The van der Waals surface area contributed by atoms with Crippen LogP contribution in [0.4, 0.5) is 17.1 Å². The van der Waals surface area contributed by atoms with Gasteiger partial charge in [0, 0.05) is 29.7 Å². The molecule has 0 atom stereocenters. The van der Waals surface area contributed by atoms with Crippen LogP contribution in [0.25, 0.3) is 10.9 Å². The summed E-state index contributed by atoms with van der Waals surface area (Å²) in [6, 6.07) is 20.2. The van der Waals surface area contributed by atoms with E-state index in [1.54, 1.807) is 25.2 Å². The zero-order valence-corrected chi connectivity index (χ0v) is 16.1. The molecule has 0 spiro atoms. The van der Waals surface area contributed by atoms with Gasteiger partial charge in [-0.2, -0.15) is 0 Å². The third-order valence-corrected chi connectivity index (χ3v) is 4.73. The number of aryl methyl sites for hydroxylation is 2. The van der Waals surface area contributed by atoms with Crippen molar-refractivity contribution in [2.75, 3.05) is 10.6 Å². The van der Waals surface area contributed by atoms with Crippen LogP contribution in [0.2, 0.25) is 0 Å². The molecule has 0 fully saturated rings. The summed E-state index contributed by atoms with van der Waals surface area (Å²) in [5.41, 5.74) is 4.47. The maximum Gasteiger partial charge on any atom is 0.260 e. The second kappa shape index (κ2) is 7.59. The molecule has 1 amide bonds. The number of hydrogen-bond acceptors (Lipinski definition) is 4. The molecule has 4 aromatic rings. The van der Waals surface area contributed by atoms with Crippen LogP contribution in [0, 0.1) is 6.92 Å². The zero-order chi connectivity index (χ0) is 20.4. The molecule has 1 heterocycles. The number of aromatic nitrogens is 2. The Morgan fingerprint density at radius 2 is 1.72 bits per heavy atom. The highest BCUT2D eigenvalue weighted by Crippen LogP contribution is 2.26. The van der Waals surface area contributed by atoms with Crippen LogP contribution in [0.5, 0.6) is 0 Å². The fourth-order valence-corrected chi connectivity index (χ4v) is 3.07. The van der Waals surface area contributed by atoms with E-state index in [0.717, 1.165) is 16.9 Å². The molecular formula is C23H20N4O2. The van der Waals surface area contributed by atoms with Gasteiger partial charge in [-0.1, -0.05) is 24.3 Å². The maximum absolute atomic E-state index is 12.4. The lowest BCUT2D eigenvalue weighted by atomic mass is 10.1. The third-order valence-electron chi connectivity index (χ3n) is 4.73. The first-order chi connectivity index (χ1) is 14.0. The van der Waals surface area contributed by atoms with Gasteiger partial charge in [-0.3, -0.25) is 9.59 Å². The summed E-state index contributed by atoms with van der Waals surface area (Å²) in [4.78, 5) is 29.0. The van der Waals surface area contributed by atoms with E-state index in [1.807, 2.05) is 55.5 Å². The summed E-state index contributed by atoms with van der Waals surface area (Å²) in [5, 5.41) is 6.80. The molecule has 0 unspecified atom stereocenters. The Labute approximate surface area is 167 Å². The molecule has 0 radical (unpaired) electrons. The Hall–Kier alpha value is -3.93. The van der Waals surface area contributed by atoms with E-state index in [4.69, 9.17) is 0 Å². The van der Waals surface area contributed by atoms with Crippen molar-refractivity contribution in [1.82, 2.24) is 9.55 Å². The average molecular weight is 384 g/mol. The predicted octanol–water partition coefficient (Wildman–Crippen LogP) is 4.24. The summed E-state index contributed by atoms with van der Waals surface area (Å²) in [6.07, 6.45) is 1.51. The fourth-order valence-electron chi connectivity index (χ4n) is 3.07. The number of carbonyl (C=O) groups excluding carboxylic acids is 1. The third kappa shape index (κ3) is 3.87. The smallest absolute Gasteiger partial charge is 0.260 e. The average Bonchev–Trinajstić information content (AvgIpc) is 2.74. The van der Waals surface area contributed by atoms with Crippen molar-refractivity contribution in [1.29, 1.82) is 0 Å². The van der Waals surface area contributed by atoms with Crippen molar-refractivity contribution in [3.8, 4) is 0 Å². The van der Waals surface area contributed by atoms with Gasteiger partial charge in [0.25, 0.3) is 11.5 Å². The SMILES string of the molecule is Cc1ccc(NC(=O)c2ccccc2)cc1Nc1ccc2ncn(C)c(=O)c2c1. The number of rotatable bonds is 4. The fraction of sp³-hybridized carbons (Fsp3) is 0.0870. The molecule has 0 aliphatic heterocycles. The summed E-state index contributed by atoms with van der Waals surface area (Å²) in [7, 11) is 1.68. The Balaban J connectivity index is 1.61. The number of amides is 1. The van der Waals surface area contributed by atoms with Gasteiger partial charge in [-0.25, -0.2) is 4.98 Å². The minimum Gasteiger partial charge on any atom is -0.355 e. The van der Waals surface area contributed by atoms with E-state index in [-0.39, 0.29) is 11.5 Å². The first-order valence-electron chi connectivity index (χ1n) is 9.21. The molecule has 144 valence electrons. The highest BCUT2D eigenvalue weighted by Gasteiger charge is 2.08. The lowest BCUT2D eigenvalue weighted by Gasteiger charge is -2.13. The number of hydrogen-bond donors (Lipinski definition) is 2. The molecule has 0 saturated heterocycles. The van der Waals surface area contributed by atoms with Crippen molar-refractivity contribution in [3.05, 3.63) is 94.5 Å². The second-order valence-electron chi connectivity index (χ2n) is 6.87. The monoisotopic (exact) mass is 384 g/mol. The zero-order valence-electron chi connectivity index (χ0n) is 16.1. The Morgan fingerprint density at radius 3 is 2.52 bits per heavy atom. The van der Waals surface area contributed by atoms with E-state index in [9.17, 15) is 9.59 Å². The van der Waals surface area contributed by atoms with E-state index in [0.29, 0.717) is 22.2 Å². The predicted molar refractivity (Wildman–Crippen MR) is 116 cm³/mol. The largest absolute Gasteiger partial charge is 0.355 e. The summed E-state index contributed by atoms with van der Waals surface area (Å²) in [6.45, 7) is 1.98. The van der Waals surface area contributed by atoms with Gasteiger partial charge in [0.2, 0.25) is 0 Å². The Kier molecular flexibility index (Phi) is 4.83. The van der Waals surface area contributed by atoms with E-state index >= 15 is 0 Å². The van der Waals surface area contributed by atoms with Gasteiger partial charge >= 0.3 is 0 Å². The first kappa shape index (κ1) is 18.4. The summed E-state index contributed by atoms with van der Waals surface area (Å²) in [5.74, 6) is -0.166. The molecule has 6 heteroatoms. The Morgan fingerprint density at radius 1 is 0.966 bits per heavy atom. The second-order valence-corrected chi connectivity index (χ2v) is 6.87. The highest BCUT2D eigenvalue weighted by molar-refractivity contribution is 6.04. The van der Waals surface area contributed by atoms with Crippen LogP contribution in [0.15, 0.2) is 77.9 Å². The minimum absolute atomic E-state index is 0.0979. The van der Waals surface area contributed by atoms with Gasteiger partial charge in [0.15, 0.2) is 0 Å². The summed E-state index contributed by atoms with van der Waals surface area (Å²) >= 11 is 0. The number of nitrogens with zero attached hydrogens (tertiary/aromatic N) is 2. The number of anilines is 3. The molecule has 0 saturated carbocycles. The maximum atomic E-state index is 12.4. The Bertz CT molecular complexity index is 1260. The van der Waals surface area contributed by atoms with Crippen LogP contribution in [0.3, 0.4) is 0 Å². The lowest BCUT2D eigenvalue weighted by molar-refractivity contribution is 0.102. The molecule has 3 aromatic carbocycles. The molecule has 29 heavy (non-hydrogen) atoms. The van der Waals surface area contributed by atoms with E-state index in [2.05, 4.69) is 15.6 Å².